The van der Waals surface area contributed by atoms with Crippen LogP contribution in [0.15, 0.2) is 60.7 Å². The van der Waals surface area contributed by atoms with Crippen LogP contribution in [0.4, 0.5) is 5.69 Å². The van der Waals surface area contributed by atoms with E-state index in [0.717, 1.165) is 5.56 Å². The second-order valence-electron chi connectivity index (χ2n) is 5.69. The van der Waals surface area contributed by atoms with Crippen LogP contribution in [-0.2, 0) is 16.0 Å². The maximum Gasteiger partial charge on any atom is 0.323 e. The normalized spacial score (nSPS) is 13.1. The Morgan fingerprint density at radius 1 is 1.04 bits per heavy atom. The van der Waals surface area contributed by atoms with Crippen LogP contribution in [0.5, 0.6) is 0 Å². The predicted molar refractivity (Wildman–Crippen MR) is 98.5 cm³/mol. The molecule has 0 aliphatic heterocycles. The summed E-state index contributed by atoms with van der Waals surface area (Å²) in [7, 11) is 0. The second-order valence-corrected chi connectivity index (χ2v) is 6.51. The summed E-state index contributed by atoms with van der Waals surface area (Å²) in [5.74, 6) is -1.68. The first kappa shape index (κ1) is 18.1. The Labute approximate surface area is 147 Å². The zero-order chi connectivity index (χ0) is 17.5. The van der Waals surface area contributed by atoms with Gasteiger partial charge in [-0.25, -0.2) is 0 Å². The lowest BCUT2D eigenvalue weighted by Gasteiger charge is -2.28. The SMILES string of the molecule is CC(S)C(Cc1ccccc1)C(=O)N(CC(=O)O)c1ccccc1. The number of hydrogen-bond acceptors (Lipinski definition) is 3. The van der Waals surface area contributed by atoms with E-state index >= 15 is 0 Å². The van der Waals surface area contributed by atoms with Crippen LogP contribution in [0.2, 0.25) is 0 Å². The molecule has 2 rings (SSSR count). The fraction of sp³-hybridized carbons (Fsp3) is 0.263. The van der Waals surface area contributed by atoms with Gasteiger partial charge in [-0.1, -0.05) is 55.5 Å². The van der Waals surface area contributed by atoms with Crippen molar-refractivity contribution in [2.24, 2.45) is 5.92 Å². The van der Waals surface area contributed by atoms with E-state index in [2.05, 4.69) is 12.6 Å². The van der Waals surface area contributed by atoms with Crippen LogP contribution >= 0.6 is 12.6 Å². The average Bonchev–Trinajstić information content (AvgIpc) is 2.58. The average molecular weight is 343 g/mol. The van der Waals surface area contributed by atoms with Crippen molar-refractivity contribution in [1.82, 2.24) is 0 Å². The van der Waals surface area contributed by atoms with Gasteiger partial charge in [-0.05, 0) is 24.1 Å². The van der Waals surface area contributed by atoms with Gasteiger partial charge in [0.25, 0.3) is 0 Å². The summed E-state index contributed by atoms with van der Waals surface area (Å²) in [4.78, 5) is 25.6. The molecule has 2 atom stereocenters. The molecule has 2 aromatic rings. The highest BCUT2D eigenvalue weighted by Crippen LogP contribution is 2.23. The molecule has 0 aromatic heterocycles. The summed E-state index contributed by atoms with van der Waals surface area (Å²) in [6.45, 7) is 1.49. The fourth-order valence-electron chi connectivity index (χ4n) is 2.57. The van der Waals surface area contributed by atoms with E-state index in [-0.39, 0.29) is 17.7 Å². The molecule has 4 nitrogen and oxygen atoms in total. The molecule has 0 saturated heterocycles. The number of aliphatic carboxylic acids is 1. The Kier molecular flexibility index (Phi) is 6.44. The molecular weight excluding hydrogens is 322 g/mol. The van der Waals surface area contributed by atoms with E-state index in [4.69, 9.17) is 0 Å². The van der Waals surface area contributed by atoms with Gasteiger partial charge < -0.3 is 10.0 Å². The van der Waals surface area contributed by atoms with Crippen molar-refractivity contribution in [3.8, 4) is 0 Å². The zero-order valence-corrected chi connectivity index (χ0v) is 14.4. The molecule has 1 N–H and O–H groups in total. The molecule has 1 amide bonds. The van der Waals surface area contributed by atoms with Crippen molar-refractivity contribution in [2.45, 2.75) is 18.6 Å². The van der Waals surface area contributed by atoms with E-state index in [1.54, 1.807) is 24.3 Å². The number of carbonyl (C=O) groups excluding carboxylic acids is 1. The highest BCUT2D eigenvalue weighted by atomic mass is 32.1. The largest absolute Gasteiger partial charge is 0.480 e. The van der Waals surface area contributed by atoms with Gasteiger partial charge in [-0.15, -0.1) is 0 Å². The maximum atomic E-state index is 13.0. The Hall–Kier alpha value is -2.27. The van der Waals surface area contributed by atoms with Crippen molar-refractivity contribution in [2.75, 3.05) is 11.4 Å². The highest BCUT2D eigenvalue weighted by Gasteiger charge is 2.30. The third-order valence-electron chi connectivity index (χ3n) is 3.83. The Morgan fingerprint density at radius 3 is 2.08 bits per heavy atom. The third-order valence-corrected chi connectivity index (χ3v) is 4.19. The van der Waals surface area contributed by atoms with Gasteiger partial charge in [0.1, 0.15) is 6.54 Å². The lowest BCUT2D eigenvalue weighted by atomic mass is 9.94. The van der Waals surface area contributed by atoms with Crippen molar-refractivity contribution in [3.05, 3.63) is 66.2 Å². The summed E-state index contributed by atoms with van der Waals surface area (Å²) in [5, 5.41) is 8.99. The first-order valence-electron chi connectivity index (χ1n) is 7.79. The number of nitrogens with zero attached hydrogens (tertiary/aromatic N) is 1. The number of anilines is 1. The van der Waals surface area contributed by atoms with E-state index < -0.39 is 11.9 Å². The zero-order valence-electron chi connectivity index (χ0n) is 13.5. The van der Waals surface area contributed by atoms with Crippen LogP contribution in [0, 0.1) is 5.92 Å². The maximum absolute atomic E-state index is 13.0. The Balaban J connectivity index is 2.28. The number of carbonyl (C=O) groups is 2. The van der Waals surface area contributed by atoms with Gasteiger partial charge in [0, 0.05) is 10.9 Å². The summed E-state index contributed by atoms with van der Waals surface area (Å²) in [6.07, 6.45) is 0.521. The molecule has 2 aromatic carbocycles. The molecule has 0 heterocycles. The quantitative estimate of drug-likeness (QED) is 0.759. The molecule has 0 aliphatic carbocycles. The van der Waals surface area contributed by atoms with Gasteiger partial charge in [-0.2, -0.15) is 12.6 Å². The number of rotatable bonds is 7. The smallest absolute Gasteiger partial charge is 0.323 e. The first-order chi connectivity index (χ1) is 11.5. The van der Waals surface area contributed by atoms with Gasteiger partial charge in [0.15, 0.2) is 0 Å². The van der Waals surface area contributed by atoms with Gasteiger partial charge in [0.2, 0.25) is 5.91 Å². The van der Waals surface area contributed by atoms with Gasteiger partial charge in [-0.3, -0.25) is 9.59 Å². The molecule has 126 valence electrons. The fourth-order valence-corrected chi connectivity index (χ4v) is 2.80. The van der Waals surface area contributed by atoms with Crippen LogP contribution < -0.4 is 4.90 Å². The number of carboxylic acids is 1. The number of hydrogen-bond donors (Lipinski definition) is 2. The number of benzene rings is 2. The van der Waals surface area contributed by atoms with Crippen molar-refractivity contribution >= 4 is 30.2 Å². The highest BCUT2D eigenvalue weighted by molar-refractivity contribution is 7.81. The molecule has 0 bridgehead atoms. The van der Waals surface area contributed by atoms with Crippen LogP contribution in [0.3, 0.4) is 0 Å². The van der Waals surface area contributed by atoms with E-state index in [1.807, 2.05) is 43.3 Å². The summed E-state index contributed by atoms with van der Waals surface area (Å²) in [6, 6.07) is 18.6. The standard InChI is InChI=1S/C19H21NO3S/c1-14(24)17(12-15-8-4-2-5-9-15)19(23)20(13-18(21)22)16-10-6-3-7-11-16/h2-11,14,17,24H,12-13H2,1H3,(H,21,22). The lowest BCUT2D eigenvalue weighted by molar-refractivity contribution is -0.137. The molecule has 24 heavy (non-hydrogen) atoms. The number of amides is 1. The summed E-state index contributed by atoms with van der Waals surface area (Å²) < 4.78 is 0. The number of para-hydroxylation sites is 1. The van der Waals surface area contributed by atoms with E-state index in [9.17, 15) is 14.7 Å². The van der Waals surface area contributed by atoms with Crippen molar-refractivity contribution < 1.29 is 14.7 Å². The molecule has 0 radical (unpaired) electrons. The lowest BCUT2D eigenvalue weighted by Crippen LogP contribution is -2.43. The molecule has 0 spiro atoms. The molecule has 0 aliphatic rings. The Morgan fingerprint density at radius 2 is 1.58 bits per heavy atom. The monoisotopic (exact) mass is 343 g/mol. The molecule has 2 unspecified atom stereocenters. The molecule has 0 fully saturated rings. The topological polar surface area (TPSA) is 57.6 Å². The van der Waals surface area contributed by atoms with Crippen LogP contribution in [0.1, 0.15) is 12.5 Å². The Bertz CT molecular complexity index is 674. The summed E-state index contributed by atoms with van der Waals surface area (Å²) >= 11 is 4.47. The number of thiol groups is 1. The van der Waals surface area contributed by atoms with E-state index in [0.29, 0.717) is 12.1 Å². The number of carboxylic acid groups (broad SMARTS) is 1. The van der Waals surface area contributed by atoms with Gasteiger partial charge >= 0.3 is 5.97 Å². The minimum absolute atomic E-state index is 0.197. The first-order valence-corrected chi connectivity index (χ1v) is 8.31. The minimum Gasteiger partial charge on any atom is -0.480 e. The molecular formula is C19H21NO3S. The van der Waals surface area contributed by atoms with Gasteiger partial charge in [0.05, 0.1) is 5.92 Å². The van der Waals surface area contributed by atoms with Crippen molar-refractivity contribution in [1.29, 1.82) is 0 Å². The predicted octanol–water partition coefficient (Wildman–Crippen LogP) is 3.28. The minimum atomic E-state index is -1.04. The third kappa shape index (κ3) is 4.86. The van der Waals surface area contributed by atoms with Crippen LogP contribution in [-0.4, -0.2) is 28.8 Å². The van der Waals surface area contributed by atoms with E-state index in [1.165, 1.54) is 4.90 Å². The second kappa shape index (κ2) is 8.55. The molecule has 0 saturated carbocycles. The van der Waals surface area contributed by atoms with Crippen LogP contribution in [0.25, 0.3) is 0 Å². The molecule has 5 heteroatoms. The van der Waals surface area contributed by atoms with Crippen molar-refractivity contribution in [3.63, 3.8) is 0 Å². The summed E-state index contributed by atoms with van der Waals surface area (Å²) in [5.41, 5.74) is 1.61.